The van der Waals surface area contributed by atoms with Crippen LogP contribution in [0.2, 0.25) is 0 Å². The monoisotopic (exact) mass is 382 g/mol. The number of fused-ring (bicyclic) bond motifs is 3. The third-order valence-electron chi connectivity index (χ3n) is 5.90. The first kappa shape index (κ1) is 17.7. The summed E-state index contributed by atoms with van der Waals surface area (Å²) in [6, 6.07) is 22.3. The molecular weight excluding hydrogens is 360 g/mol. The average molecular weight is 382 g/mol. The van der Waals surface area contributed by atoms with Crippen molar-refractivity contribution in [2.75, 3.05) is 16.8 Å². The predicted molar refractivity (Wildman–Crippen MR) is 115 cm³/mol. The first-order chi connectivity index (χ1) is 14.1. The zero-order chi connectivity index (χ0) is 20.0. The number of carbonyl (C=O) groups excluding carboxylic acids is 2. The van der Waals surface area contributed by atoms with Crippen LogP contribution < -0.4 is 10.2 Å². The van der Waals surface area contributed by atoms with Crippen LogP contribution >= 0.6 is 0 Å². The number of rotatable bonds is 3. The Balaban J connectivity index is 1.30. The number of hydrogen-bond donors (Lipinski definition) is 1. The van der Waals surface area contributed by atoms with E-state index in [-0.39, 0.29) is 24.2 Å². The van der Waals surface area contributed by atoms with E-state index in [9.17, 15) is 9.59 Å². The van der Waals surface area contributed by atoms with Crippen LogP contribution in [-0.4, -0.2) is 18.4 Å². The second kappa shape index (κ2) is 6.89. The van der Waals surface area contributed by atoms with Crippen LogP contribution in [0, 0.1) is 12.8 Å². The molecule has 1 atom stereocenters. The lowest BCUT2D eigenvalue weighted by molar-refractivity contribution is -0.122. The molecule has 1 fully saturated rings. The lowest BCUT2D eigenvalue weighted by Gasteiger charge is -2.17. The van der Waals surface area contributed by atoms with Gasteiger partial charge in [0, 0.05) is 24.3 Å². The number of benzene rings is 3. The zero-order valence-electron chi connectivity index (χ0n) is 16.3. The van der Waals surface area contributed by atoms with Crippen LogP contribution in [0.4, 0.5) is 11.4 Å². The molecule has 3 aromatic rings. The smallest absolute Gasteiger partial charge is 0.229 e. The van der Waals surface area contributed by atoms with Gasteiger partial charge in [0.1, 0.15) is 0 Å². The van der Waals surface area contributed by atoms with Gasteiger partial charge in [-0.05, 0) is 59.9 Å². The van der Waals surface area contributed by atoms with E-state index < -0.39 is 0 Å². The fourth-order valence-electron chi connectivity index (χ4n) is 4.32. The second-order valence-corrected chi connectivity index (χ2v) is 7.94. The van der Waals surface area contributed by atoms with Crippen LogP contribution in [-0.2, 0) is 16.0 Å². The standard InChI is InChI=1S/C25H22N2O2/c1-16-6-9-21(10-7-16)27-15-19(14-24(27)28)25(29)26-20-8-11-23-18(13-20)12-17-4-2-3-5-22(17)23/h2-11,13,19H,12,14-15H2,1H3,(H,26,29)/t19-/m1/s1. The highest BCUT2D eigenvalue weighted by Gasteiger charge is 2.35. The molecule has 2 aliphatic rings. The van der Waals surface area contributed by atoms with Gasteiger partial charge in [-0.25, -0.2) is 0 Å². The average Bonchev–Trinajstić information content (AvgIpc) is 3.29. The third-order valence-corrected chi connectivity index (χ3v) is 5.90. The molecule has 3 aromatic carbocycles. The highest BCUT2D eigenvalue weighted by molar-refractivity contribution is 6.03. The van der Waals surface area contributed by atoms with Gasteiger partial charge in [-0.3, -0.25) is 9.59 Å². The lowest BCUT2D eigenvalue weighted by Crippen LogP contribution is -2.28. The van der Waals surface area contributed by atoms with Crippen LogP contribution in [0.15, 0.2) is 66.7 Å². The molecule has 1 aliphatic heterocycles. The Kier molecular flexibility index (Phi) is 4.20. The maximum absolute atomic E-state index is 12.8. The van der Waals surface area contributed by atoms with Crippen molar-refractivity contribution in [3.63, 3.8) is 0 Å². The summed E-state index contributed by atoms with van der Waals surface area (Å²) in [4.78, 5) is 27.0. The first-order valence-electron chi connectivity index (χ1n) is 9.97. The quantitative estimate of drug-likeness (QED) is 0.565. The van der Waals surface area contributed by atoms with Crippen LogP contribution in [0.5, 0.6) is 0 Å². The van der Waals surface area contributed by atoms with Gasteiger partial charge in [0.15, 0.2) is 0 Å². The van der Waals surface area contributed by atoms with Gasteiger partial charge >= 0.3 is 0 Å². The summed E-state index contributed by atoms with van der Waals surface area (Å²) in [6.07, 6.45) is 1.13. The van der Waals surface area contributed by atoms with Crippen LogP contribution in [0.1, 0.15) is 23.1 Å². The van der Waals surface area contributed by atoms with E-state index in [1.54, 1.807) is 4.90 Å². The lowest BCUT2D eigenvalue weighted by atomic mass is 10.0. The molecule has 1 aliphatic carbocycles. The van der Waals surface area contributed by atoms with E-state index in [0.29, 0.717) is 6.54 Å². The second-order valence-electron chi connectivity index (χ2n) is 7.94. The van der Waals surface area contributed by atoms with Gasteiger partial charge in [-0.1, -0.05) is 48.0 Å². The molecule has 0 bridgehead atoms. The van der Waals surface area contributed by atoms with Crippen molar-refractivity contribution in [1.29, 1.82) is 0 Å². The number of nitrogens with one attached hydrogen (secondary N) is 1. The number of carbonyl (C=O) groups is 2. The van der Waals surface area contributed by atoms with Crippen molar-refractivity contribution < 1.29 is 9.59 Å². The van der Waals surface area contributed by atoms with Crippen LogP contribution in [0.25, 0.3) is 11.1 Å². The molecular formula is C25H22N2O2. The fraction of sp³-hybridized carbons (Fsp3) is 0.200. The Morgan fingerprint density at radius 1 is 0.966 bits per heavy atom. The van der Waals surface area contributed by atoms with Crippen LogP contribution in [0.3, 0.4) is 0 Å². The Bertz CT molecular complexity index is 1120. The molecule has 0 radical (unpaired) electrons. The minimum atomic E-state index is -0.339. The van der Waals surface area contributed by atoms with Crippen molar-refractivity contribution in [2.24, 2.45) is 5.92 Å². The molecule has 5 rings (SSSR count). The number of anilines is 2. The molecule has 4 heteroatoms. The number of aryl methyl sites for hydroxylation is 1. The minimum absolute atomic E-state index is 0.00148. The third kappa shape index (κ3) is 3.21. The largest absolute Gasteiger partial charge is 0.326 e. The molecule has 2 amide bonds. The summed E-state index contributed by atoms with van der Waals surface area (Å²) in [5, 5.41) is 3.02. The molecule has 0 spiro atoms. The molecule has 1 saturated heterocycles. The van der Waals surface area contributed by atoms with Gasteiger partial charge in [0.2, 0.25) is 11.8 Å². The number of nitrogens with zero attached hydrogens (tertiary/aromatic N) is 1. The Morgan fingerprint density at radius 3 is 2.55 bits per heavy atom. The van der Waals surface area contributed by atoms with Crippen molar-refractivity contribution in [3.8, 4) is 11.1 Å². The summed E-state index contributed by atoms with van der Waals surface area (Å²) >= 11 is 0. The Hall–Kier alpha value is -3.40. The summed E-state index contributed by atoms with van der Waals surface area (Å²) in [5.74, 6) is -0.434. The van der Waals surface area contributed by atoms with Crippen molar-refractivity contribution in [2.45, 2.75) is 19.8 Å². The summed E-state index contributed by atoms with van der Waals surface area (Å²) in [6.45, 7) is 2.44. The van der Waals surface area contributed by atoms with Gasteiger partial charge in [-0.15, -0.1) is 0 Å². The fourth-order valence-corrected chi connectivity index (χ4v) is 4.32. The first-order valence-corrected chi connectivity index (χ1v) is 9.97. The van der Waals surface area contributed by atoms with Gasteiger partial charge in [0.05, 0.1) is 5.92 Å². The summed E-state index contributed by atoms with van der Waals surface area (Å²) < 4.78 is 0. The number of amides is 2. The molecule has 0 unspecified atom stereocenters. The van der Waals surface area contributed by atoms with E-state index in [1.165, 1.54) is 22.3 Å². The molecule has 1 heterocycles. The molecule has 4 nitrogen and oxygen atoms in total. The maximum Gasteiger partial charge on any atom is 0.229 e. The van der Waals surface area contributed by atoms with Gasteiger partial charge in [0.25, 0.3) is 0 Å². The Morgan fingerprint density at radius 2 is 1.72 bits per heavy atom. The van der Waals surface area contributed by atoms with E-state index in [4.69, 9.17) is 0 Å². The van der Waals surface area contributed by atoms with Gasteiger partial charge in [-0.2, -0.15) is 0 Å². The van der Waals surface area contributed by atoms with Crippen molar-refractivity contribution >= 4 is 23.2 Å². The van der Waals surface area contributed by atoms with Crippen molar-refractivity contribution in [1.82, 2.24) is 0 Å². The highest BCUT2D eigenvalue weighted by Crippen LogP contribution is 2.37. The maximum atomic E-state index is 12.8. The SMILES string of the molecule is Cc1ccc(N2C[C@H](C(=O)Nc3ccc4c(c3)Cc3ccccc3-4)CC2=O)cc1. The van der Waals surface area contributed by atoms with E-state index in [0.717, 1.165) is 23.4 Å². The molecule has 0 saturated carbocycles. The zero-order valence-corrected chi connectivity index (χ0v) is 16.3. The molecule has 1 N–H and O–H groups in total. The topological polar surface area (TPSA) is 49.4 Å². The normalized spacial score (nSPS) is 17.2. The summed E-state index contributed by atoms with van der Waals surface area (Å²) in [7, 11) is 0. The predicted octanol–water partition coefficient (Wildman–Crippen LogP) is 4.56. The summed E-state index contributed by atoms with van der Waals surface area (Å²) in [5.41, 5.74) is 7.85. The molecule has 144 valence electrons. The van der Waals surface area contributed by atoms with Crippen molar-refractivity contribution in [3.05, 3.63) is 83.4 Å². The number of hydrogen-bond acceptors (Lipinski definition) is 2. The molecule has 29 heavy (non-hydrogen) atoms. The minimum Gasteiger partial charge on any atom is -0.326 e. The van der Waals surface area contributed by atoms with E-state index in [2.05, 4.69) is 41.7 Å². The molecule has 0 aromatic heterocycles. The highest BCUT2D eigenvalue weighted by atomic mass is 16.2. The van der Waals surface area contributed by atoms with Gasteiger partial charge < -0.3 is 10.2 Å². The van der Waals surface area contributed by atoms with E-state index >= 15 is 0 Å². The Labute approximate surface area is 170 Å². The van der Waals surface area contributed by atoms with E-state index in [1.807, 2.05) is 37.3 Å².